The minimum atomic E-state index is 0.255. The van der Waals surface area contributed by atoms with Crippen LogP contribution in [-0.4, -0.2) is 14.5 Å². The minimum Gasteiger partial charge on any atom is -0.0617 e. The van der Waals surface area contributed by atoms with Crippen LogP contribution in [0.5, 0.6) is 0 Å². The van der Waals surface area contributed by atoms with E-state index in [1.54, 1.807) is 0 Å². The van der Waals surface area contributed by atoms with Crippen molar-refractivity contribution in [3.63, 3.8) is 0 Å². The fourth-order valence-corrected chi connectivity index (χ4v) is 9.93. The molecule has 0 aliphatic rings. The molecule has 3 heteroatoms. The van der Waals surface area contributed by atoms with Gasteiger partial charge in [-0.2, -0.15) is 0 Å². The molecule has 8 aromatic carbocycles. The molecule has 230 valence electrons. The molecule has 10 aromatic rings. The molecule has 2 aromatic heterocycles. The third kappa shape index (κ3) is 4.70. The third-order valence-corrected chi connectivity index (χ3v) is 12.2. The summed E-state index contributed by atoms with van der Waals surface area (Å²) in [6.07, 6.45) is 0. The first-order chi connectivity index (χ1) is 24.3. The van der Waals surface area contributed by atoms with Crippen molar-refractivity contribution in [3.05, 3.63) is 176 Å². The molecular formula is C46H29NOSe. The molecule has 0 N–H and O–H groups in total. The molecule has 0 saturated heterocycles. The average Bonchev–Trinajstić information content (AvgIpc) is 3.74. The Balaban J connectivity index is 1.20. The van der Waals surface area contributed by atoms with E-state index < -0.39 is 0 Å². The van der Waals surface area contributed by atoms with Crippen molar-refractivity contribution in [2.75, 3.05) is 4.90 Å². The van der Waals surface area contributed by atoms with Crippen LogP contribution in [0.2, 0.25) is 0 Å². The van der Waals surface area contributed by atoms with Crippen LogP contribution >= 0.6 is 0 Å². The standard InChI is InChI=1S/C46H29NOSe/c1-2-11-30(12-3-1)36-15-4-5-16-37(36)32-13-10-14-33(27-32)47(35-24-26-44-42(29-35)38-17-6-8-19-43(38)48-44)34-23-21-31-22-25-40-39-18-7-9-20-45(39)49-46(40)41(31)28-34/h1-29H. The van der Waals surface area contributed by atoms with Crippen LogP contribution in [0, 0.1) is 0 Å². The van der Waals surface area contributed by atoms with Crippen molar-refractivity contribution in [1.29, 1.82) is 0 Å². The Kier molecular flexibility index (Phi) is 6.55. The van der Waals surface area contributed by atoms with Crippen LogP contribution in [0.15, 0.2) is 180 Å². The van der Waals surface area contributed by atoms with E-state index in [4.69, 9.17) is 4.42 Å². The molecule has 2 nitrogen and oxygen atoms in total. The van der Waals surface area contributed by atoms with Crippen LogP contribution in [0.25, 0.3) is 74.3 Å². The van der Waals surface area contributed by atoms with Gasteiger partial charge in [-0.15, -0.1) is 0 Å². The average molecular weight is 691 g/mol. The Labute approximate surface area is 289 Å². The number of fused-ring (bicyclic) bond motifs is 8. The van der Waals surface area contributed by atoms with Crippen LogP contribution in [0.1, 0.15) is 0 Å². The molecule has 0 atom stereocenters. The summed E-state index contributed by atoms with van der Waals surface area (Å²) < 4.78 is 9.18. The van der Waals surface area contributed by atoms with Gasteiger partial charge in [0.2, 0.25) is 0 Å². The number of benzene rings is 8. The fourth-order valence-electron chi connectivity index (χ4n) is 7.35. The number of anilines is 3. The van der Waals surface area contributed by atoms with Gasteiger partial charge in [0.25, 0.3) is 0 Å². The molecular weight excluding hydrogens is 661 g/mol. The summed E-state index contributed by atoms with van der Waals surface area (Å²) in [5, 5.41) is 7.60. The number of nitrogens with zero attached hydrogens (tertiary/aromatic N) is 1. The second-order valence-electron chi connectivity index (χ2n) is 12.5. The van der Waals surface area contributed by atoms with Crippen molar-refractivity contribution < 1.29 is 4.42 Å². The van der Waals surface area contributed by atoms with Gasteiger partial charge >= 0.3 is 273 Å². The Morgan fingerprint density at radius 3 is 1.90 bits per heavy atom. The molecule has 0 bridgehead atoms. The summed E-state index contributed by atoms with van der Waals surface area (Å²) in [5.74, 6) is 0. The van der Waals surface area contributed by atoms with Crippen LogP contribution < -0.4 is 4.90 Å². The maximum absolute atomic E-state index is 6.25. The number of hydrogen-bond acceptors (Lipinski definition) is 2. The molecule has 0 fully saturated rings. The molecule has 0 radical (unpaired) electrons. The van der Waals surface area contributed by atoms with Crippen molar-refractivity contribution >= 4 is 83.6 Å². The number of hydrogen-bond donors (Lipinski definition) is 0. The predicted molar refractivity (Wildman–Crippen MR) is 209 cm³/mol. The Morgan fingerprint density at radius 2 is 1.02 bits per heavy atom. The molecule has 49 heavy (non-hydrogen) atoms. The summed E-state index contributed by atoms with van der Waals surface area (Å²) in [4.78, 5) is 2.41. The van der Waals surface area contributed by atoms with Crippen molar-refractivity contribution in [2.45, 2.75) is 0 Å². The van der Waals surface area contributed by atoms with E-state index >= 15 is 0 Å². The number of para-hydroxylation sites is 1. The van der Waals surface area contributed by atoms with Crippen molar-refractivity contribution in [1.82, 2.24) is 0 Å². The first kappa shape index (κ1) is 28.2. The van der Waals surface area contributed by atoms with Crippen LogP contribution in [0.3, 0.4) is 0 Å². The van der Waals surface area contributed by atoms with Gasteiger partial charge in [0.15, 0.2) is 0 Å². The quantitative estimate of drug-likeness (QED) is 0.167. The minimum absolute atomic E-state index is 0.255. The van der Waals surface area contributed by atoms with Gasteiger partial charge in [-0.05, 0) is 0 Å². The number of rotatable bonds is 5. The summed E-state index contributed by atoms with van der Waals surface area (Å²) in [6.45, 7) is 0. The topological polar surface area (TPSA) is 16.4 Å². The van der Waals surface area contributed by atoms with Crippen LogP contribution in [-0.2, 0) is 0 Å². The summed E-state index contributed by atoms with van der Waals surface area (Å²) in [5.41, 5.74) is 9.96. The van der Waals surface area contributed by atoms with Gasteiger partial charge in [-0.1, -0.05) is 18.2 Å². The molecule has 0 spiro atoms. The summed E-state index contributed by atoms with van der Waals surface area (Å²) >= 11 is 0.255. The molecule has 0 aliphatic heterocycles. The van der Waals surface area contributed by atoms with Crippen molar-refractivity contribution in [3.8, 4) is 22.3 Å². The smallest absolute Gasteiger partial charge is 0.0617 e. The van der Waals surface area contributed by atoms with E-state index in [9.17, 15) is 0 Å². The van der Waals surface area contributed by atoms with E-state index in [0.717, 1.165) is 39.0 Å². The maximum atomic E-state index is 6.25. The third-order valence-electron chi connectivity index (χ3n) is 9.65. The number of furan rings is 1. The predicted octanol–water partition coefficient (Wildman–Crippen LogP) is 12.9. The second kappa shape index (κ2) is 11.4. The Hall–Kier alpha value is -5.86. The zero-order valence-corrected chi connectivity index (χ0v) is 28.2. The normalized spacial score (nSPS) is 11.7. The molecule has 0 unspecified atom stereocenters. The van der Waals surface area contributed by atoms with Gasteiger partial charge in [0.05, 0.1) is 0 Å². The van der Waals surface area contributed by atoms with Gasteiger partial charge in [0, 0.05) is 0 Å². The van der Waals surface area contributed by atoms with Gasteiger partial charge in [-0.3, -0.25) is 0 Å². The zero-order valence-electron chi connectivity index (χ0n) is 26.5. The molecule has 0 aliphatic carbocycles. The monoisotopic (exact) mass is 691 g/mol. The fraction of sp³-hybridized carbons (Fsp3) is 0. The van der Waals surface area contributed by atoms with Gasteiger partial charge in [-0.25, -0.2) is 0 Å². The Morgan fingerprint density at radius 1 is 0.388 bits per heavy atom. The zero-order chi connectivity index (χ0) is 32.3. The van der Waals surface area contributed by atoms with E-state index in [0.29, 0.717) is 0 Å². The van der Waals surface area contributed by atoms with Crippen molar-refractivity contribution in [2.24, 2.45) is 0 Å². The van der Waals surface area contributed by atoms with Crippen LogP contribution in [0.4, 0.5) is 17.1 Å². The molecule has 0 amide bonds. The SMILES string of the molecule is c1ccc(-c2ccccc2-c2cccc(N(c3ccc4oc5ccccc5c4c3)c3ccc4ccc5c6ccccc6[se]c5c4c3)c2)cc1. The Bertz CT molecular complexity index is 2840. The van der Waals surface area contributed by atoms with E-state index in [-0.39, 0.29) is 14.5 Å². The molecule has 2 heterocycles. The van der Waals surface area contributed by atoms with Gasteiger partial charge in [0.1, 0.15) is 0 Å². The van der Waals surface area contributed by atoms with Gasteiger partial charge < -0.3 is 0 Å². The summed E-state index contributed by atoms with van der Waals surface area (Å²) in [7, 11) is 0. The first-order valence-electron chi connectivity index (χ1n) is 16.6. The van der Waals surface area contributed by atoms with E-state index in [1.807, 2.05) is 12.1 Å². The van der Waals surface area contributed by atoms with E-state index in [1.165, 1.54) is 52.3 Å². The second-order valence-corrected chi connectivity index (χ2v) is 14.7. The summed E-state index contributed by atoms with van der Waals surface area (Å²) in [6, 6.07) is 63.7. The first-order valence-corrected chi connectivity index (χ1v) is 18.3. The molecule has 0 saturated carbocycles. The molecule has 10 rings (SSSR count). The van der Waals surface area contributed by atoms with E-state index in [2.05, 4.69) is 169 Å².